The summed E-state index contributed by atoms with van der Waals surface area (Å²) in [5.74, 6) is 1.59. The van der Waals surface area contributed by atoms with Gasteiger partial charge in [0.05, 0.1) is 11.4 Å². The maximum absolute atomic E-state index is 12.3. The van der Waals surface area contributed by atoms with Crippen LogP contribution in [0.1, 0.15) is 17.0 Å². The SMILES string of the molecule is Cc1cccc2nc(CSC3=Nc4ccccc4CS3)cc(=O)n12. The van der Waals surface area contributed by atoms with Gasteiger partial charge in [0.1, 0.15) is 10.0 Å². The Balaban J connectivity index is 1.58. The summed E-state index contributed by atoms with van der Waals surface area (Å²) >= 11 is 3.38. The highest BCUT2D eigenvalue weighted by molar-refractivity contribution is 8.38. The molecule has 1 aliphatic heterocycles. The van der Waals surface area contributed by atoms with Gasteiger partial charge in [-0.05, 0) is 30.7 Å². The van der Waals surface area contributed by atoms with Crippen LogP contribution in [0.4, 0.5) is 5.69 Å². The number of rotatable bonds is 2. The summed E-state index contributed by atoms with van der Waals surface area (Å²) in [6.07, 6.45) is 0. The molecule has 3 heterocycles. The molecule has 1 aliphatic rings. The molecule has 0 atom stereocenters. The number of aliphatic imine (C=N–C) groups is 1. The van der Waals surface area contributed by atoms with E-state index < -0.39 is 0 Å². The van der Waals surface area contributed by atoms with Gasteiger partial charge in [0.2, 0.25) is 0 Å². The molecule has 0 N–H and O–H groups in total. The van der Waals surface area contributed by atoms with Crippen molar-refractivity contribution in [1.29, 1.82) is 0 Å². The minimum Gasteiger partial charge on any atom is -0.269 e. The van der Waals surface area contributed by atoms with E-state index in [9.17, 15) is 4.79 Å². The third-order valence-corrected chi connectivity index (χ3v) is 6.11. The molecule has 6 heteroatoms. The number of hydrogen-bond acceptors (Lipinski definition) is 5. The Morgan fingerprint density at radius 1 is 1.21 bits per heavy atom. The molecule has 0 radical (unpaired) electrons. The molecule has 0 aliphatic carbocycles. The monoisotopic (exact) mass is 353 g/mol. The number of nitrogens with zero attached hydrogens (tertiary/aromatic N) is 3. The molecule has 2 aromatic heterocycles. The lowest BCUT2D eigenvalue weighted by molar-refractivity contribution is 0.969. The van der Waals surface area contributed by atoms with E-state index in [4.69, 9.17) is 4.99 Å². The van der Waals surface area contributed by atoms with Crippen molar-refractivity contribution in [3.63, 3.8) is 0 Å². The third kappa shape index (κ3) is 2.99. The Hall–Kier alpha value is -2.05. The topological polar surface area (TPSA) is 46.7 Å². The standard InChI is InChI=1S/C18H15N3OS2/c1-12-5-4-8-16-19-14(9-17(22)21(12)16)11-24-18-20-15-7-3-2-6-13(15)10-23-18/h2-9H,10-11H2,1H3. The molecule has 24 heavy (non-hydrogen) atoms. The van der Waals surface area contributed by atoms with Gasteiger partial charge in [-0.15, -0.1) is 0 Å². The molecule has 120 valence electrons. The maximum atomic E-state index is 12.3. The first kappa shape index (κ1) is 15.5. The predicted molar refractivity (Wildman–Crippen MR) is 102 cm³/mol. The zero-order valence-corrected chi connectivity index (χ0v) is 14.7. The van der Waals surface area contributed by atoms with Crippen LogP contribution in [0.15, 0.2) is 58.3 Å². The molecule has 3 aromatic rings. The van der Waals surface area contributed by atoms with Gasteiger partial charge in [0.15, 0.2) is 0 Å². The summed E-state index contributed by atoms with van der Waals surface area (Å²) < 4.78 is 2.66. The van der Waals surface area contributed by atoms with Crippen molar-refractivity contribution in [2.24, 2.45) is 4.99 Å². The smallest absolute Gasteiger partial charge is 0.258 e. The quantitative estimate of drug-likeness (QED) is 0.694. The second-order valence-electron chi connectivity index (χ2n) is 5.53. The fourth-order valence-electron chi connectivity index (χ4n) is 2.66. The average Bonchev–Trinajstić information content (AvgIpc) is 2.59. The van der Waals surface area contributed by atoms with Gasteiger partial charge in [-0.1, -0.05) is 47.8 Å². The minimum absolute atomic E-state index is 0.0303. The highest BCUT2D eigenvalue weighted by atomic mass is 32.2. The maximum Gasteiger partial charge on any atom is 0.258 e. The Labute approximate surface area is 148 Å². The molecule has 1 aromatic carbocycles. The first-order chi connectivity index (χ1) is 11.7. The number of aromatic nitrogens is 2. The molecular formula is C18H15N3OS2. The fourth-order valence-corrected chi connectivity index (χ4v) is 4.61. The van der Waals surface area contributed by atoms with Crippen LogP contribution in [0.5, 0.6) is 0 Å². The van der Waals surface area contributed by atoms with E-state index in [-0.39, 0.29) is 5.56 Å². The van der Waals surface area contributed by atoms with Crippen LogP contribution in [-0.4, -0.2) is 13.8 Å². The van der Waals surface area contributed by atoms with Crippen molar-refractivity contribution >= 4 is 39.2 Å². The molecule has 0 amide bonds. The second-order valence-corrected chi connectivity index (χ2v) is 7.72. The van der Waals surface area contributed by atoms with Crippen LogP contribution >= 0.6 is 23.5 Å². The van der Waals surface area contributed by atoms with Crippen LogP contribution in [0.3, 0.4) is 0 Å². The molecule has 0 bridgehead atoms. The first-order valence-electron chi connectivity index (χ1n) is 7.61. The molecule has 0 unspecified atom stereocenters. The van der Waals surface area contributed by atoms with Crippen molar-refractivity contribution in [1.82, 2.24) is 9.38 Å². The number of pyridine rings is 1. The molecule has 0 saturated heterocycles. The summed E-state index contributed by atoms with van der Waals surface area (Å²) in [5.41, 5.74) is 4.66. The van der Waals surface area contributed by atoms with Gasteiger partial charge in [-0.2, -0.15) is 0 Å². The molecule has 4 nitrogen and oxygen atoms in total. The summed E-state index contributed by atoms with van der Waals surface area (Å²) in [6, 6.07) is 15.5. The number of hydrogen-bond donors (Lipinski definition) is 0. The fraction of sp³-hybridized carbons (Fsp3) is 0.167. The van der Waals surface area contributed by atoms with E-state index in [0.29, 0.717) is 11.4 Å². The Kier molecular flexibility index (Phi) is 4.16. The van der Waals surface area contributed by atoms with E-state index in [1.165, 1.54) is 5.56 Å². The number of thioether (sulfide) groups is 2. The van der Waals surface area contributed by atoms with Gasteiger partial charge in [-0.25, -0.2) is 9.98 Å². The van der Waals surface area contributed by atoms with Crippen molar-refractivity contribution in [3.8, 4) is 0 Å². The lowest BCUT2D eigenvalue weighted by atomic mass is 10.2. The highest BCUT2D eigenvalue weighted by Crippen LogP contribution is 2.35. The highest BCUT2D eigenvalue weighted by Gasteiger charge is 2.13. The van der Waals surface area contributed by atoms with Crippen molar-refractivity contribution < 1.29 is 0 Å². The Bertz CT molecular complexity index is 1010. The predicted octanol–water partition coefficient (Wildman–Crippen LogP) is 4.17. The molecular weight excluding hydrogens is 338 g/mol. The number of benzene rings is 1. The van der Waals surface area contributed by atoms with E-state index in [0.717, 1.165) is 27.2 Å². The third-order valence-electron chi connectivity index (χ3n) is 3.83. The molecule has 4 rings (SSSR count). The molecule has 0 saturated carbocycles. The number of fused-ring (bicyclic) bond motifs is 2. The van der Waals surface area contributed by atoms with Gasteiger partial charge >= 0.3 is 0 Å². The van der Waals surface area contributed by atoms with Crippen molar-refractivity contribution in [2.75, 3.05) is 0 Å². The van der Waals surface area contributed by atoms with Crippen LogP contribution in [-0.2, 0) is 11.5 Å². The normalized spacial score (nSPS) is 13.6. The number of aryl methyl sites for hydroxylation is 1. The van der Waals surface area contributed by atoms with E-state index >= 15 is 0 Å². The van der Waals surface area contributed by atoms with E-state index in [1.54, 1.807) is 34.0 Å². The van der Waals surface area contributed by atoms with Gasteiger partial charge in [0.25, 0.3) is 5.56 Å². The summed E-state index contributed by atoms with van der Waals surface area (Å²) in [4.78, 5) is 21.6. The van der Waals surface area contributed by atoms with Crippen LogP contribution < -0.4 is 5.56 Å². The van der Waals surface area contributed by atoms with Crippen LogP contribution in [0, 0.1) is 6.92 Å². The Morgan fingerprint density at radius 2 is 2.08 bits per heavy atom. The van der Waals surface area contributed by atoms with Gasteiger partial charge in [0, 0.05) is 23.3 Å². The summed E-state index contributed by atoms with van der Waals surface area (Å²) in [6.45, 7) is 1.91. The van der Waals surface area contributed by atoms with Crippen LogP contribution in [0.2, 0.25) is 0 Å². The molecule has 0 fully saturated rings. The lowest BCUT2D eigenvalue weighted by Crippen LogP contribution is -2.17. The lowest BCUT2D eigenvalue weighted by Gasteiger charge is -2.14. The summed E-state index contributed by atoms with van der Waals surface area (Å²) in [5, 5.41) is 0. The van der Waals surface area contributed by atoms with E-state index in [2.05, 4.69) is 11.1 Å². The van der Waals surface area contributed by atoms with Gasteiger partial charge in [-0.3, -0.25) is 9.20 Å². The van der Waals surface area contributed by atoms with Crippen molar-refractivity contribution in [2.45, 2.75) is 18.4 Å². The zero-order chi connectivity index (χ0) is 16.5. The minimum atomic E-state index is -0.0303. The largest absolute Gasteiger partial charge is 0.269 e. The van der Waals surface area contributed by atoms with Gasteiger partial charge < -0.3 is 0 Å². The molecule has 0 spiro atoms. The Morgan fingerprint density at radius 3 is 3.00 bits per heavy atom. The first-order valence-corrected chi connectivity index (χ1v) is 9.58. The second kappa shape index (κ2) is 6.45. The average molecular weight is 353 g/mol. The van der Waals surface area contributed by atoms with Crippen molar-refractivity contribution in [3.05, 3.63) is 75.8 Å². The summed E-state index contributed by atoms with van der Waals surface area (Å²) in [7, 11) is 0. The van der Waals surface area contributed by atoms with E-state index in [1.807, 2.05) is 43.3 Å². The van der Waals surface area contributed by atoms with Crippen LogP contribution in [0.25, 0.3) is 5.65 Å². The number of para-hydroxylation sites is 1. The zero-order valence-electron chi connectivity index (χ0n) is 13.1.